The maximum atomic E-state index is 11.8. The molecule has 3 N–H and O–H groups in total. The molecule has 8 heteroatoms. The second-order valence-electron chi connectivity index (χ2n) is 3.14. The van der Waals surface area contributed by atoms with Crippen LogP contribution in [0.3, 0.4) is 0 Å². The predicted molar refractivity (Wildman–Crippen MR) is 51.8 cm³/mol. The Morgan fingerprint density at radius 2 is 2.18 bits per heavy atom. The van der Waals surface area contributed by atoms with Crippen LogP contribution in [0, 0.1) is 0 Å². The number of hydrogen-bond acceptors (Lipinski definition) is 4. The van der Waals surface area contributed by atoms with Crippen LogP contribution in [-0.2, 0) is 0 Å². The number of carboxylic acids is 1. The zero-order chi connectivity index (χ0) is 13.1. The predicted octanol–water partition coefficient (Wildman–Crippen LogP) is 1.69. The van der Waals surface area contributed by atoms with Crippen molar-refractivity contribution in [3.8, 4) is 5.88 Å². The number of rotatable bonds is 4. The van der Waals surface area contributed by atoms with Crippen LogP contribution in [0.2, 0.25) is 0 Å². The molecule has 5 nitrogen and oxygen atoms in total. The summed E-state index contributed by atoms with van der Waals surface area (Å²) >= 11 is 0. The van der Waals surface area contributed by atoms with Crippen molar-refractivity contribution in [2.24, 2.45) is 0 Å². The Labute approximate surface area is 94.0 Å². The van der Waals surface area contributed by atoms with E-state index in [1.165, 1.54) is 0 Å². The minimum Gasteiger partial charge on any atom is -0.478 e. The average Bonchev–Trinajstić information content (AvgIpc) is 2.18. The van der Waals surface area contributed by atoms with Crippen LogP contribution < -0.4 is 10.5 Å². The third-order valence-electron chi connectivity index (χ3n) is 1.75. The number of nitrogens with two attached hydrogens (primary N) is 1. The van der Waals surface area contributed by atoms with Crippen LogP contribution in [-0.4, -0.2) is 28.8 Å². The normalized spacial score (nSPS) is 11.2. The van der Waals surface area contributed by atoms with E-state index in [0.717, 1.165) is 12.3 Å². The maximum absolute atomic E-state index is 11.8. The van der Waals surface area contributed by atoms with Gasteiger partial charge < -0.3 is 15.6 Å². The van der Waals surface area contributed by atoms with Gasteiger partial charge in [-0.1, -0.05) is 0 Å². The van der Waals surface area contributed by atoms with Gasteiger partial charge in [0.05, 0.1) is 24.3 Å². The summed E-state index contributed by atoms with van der Waals surface area (Å²) in [6, 6.07) is 1.07. The van der Waals surface area contributed by atoms with Gasteiger partial charge in [-0.25, -0.2) is 9.78 Å². The van der Waals surface area contributed by atoms with E-state index >= 15 is 0 Å². The first-order valence-corrected chi connectivity index (χ1v) is 4.48. The molecule has 0 aliphatic heterocycles. The molecule has 0 atom stereocenters. The number of pyridine rings is 1. The van der Waals surface area contributed by atoms with Crippen molar-refractivity contribution >= 4 is 11.7 Å². The third-order valence-corrected chi connectivity index (χ3v) is 1.75. The van der Waals surface area contributed by atoms with Crippen molar-refractivity contribution in [3.05, 3.63) is 17.8 Å². The molecule has 0 spiro atoms. The Kier molecular flexibility index (Phi) is 3.77. The van der Waals surface area contributed by atoms with Crippen LogP contribution in [0.1, 0.15) is 16.8 Å². The summed E-state index contributed by atoms with van der Waals surface area (Å²) < 4.78 is 40.2. The molecule has 1 aromatic rings. The summed E-state index contributed by atoms with van der Waals surface area (Å²) in [6.07, 6.45) is -4.49. The highest BCUT2D eigenvalue weighted by Crippen LogP contribution is 2.22. The molecule has 1 rings (SSSR count). The Morgan fingerprint density at radius 1 is 1.53 bits per heavy atom. The van der Waals surface area contributed by atoms with Gasteiger partial charge in [0.25, 0.3) is 0 Å². The molecule has 0 bridgehead atoms. The highest BCUT2D eigenvalue weighted by Gasteiger charge is 2.27. The second-order valence-corrected chi connectivity index (χ2v) is 3.14. The first kappa shape index (κ1) is 13.1. The molecule has 0 saturated heterocycles. The Morgan fingerprint density at radius 3 is 2.65 bits per heavy atom. The Bertz CT molecular complexity index is 420. The molecule has 17 heavy (non-hydrogen) atoms. The molecule has 0 amide bonds. The molecule has 1 heterocycles. The molecule has 0 aromatic carbocycles. The summed E-state index contributed by atoms with van der Waals surface area (Å²) in [7, 11) is 0. The molecule has 0 aliphatic rings. The third kappa shape index (κ3) is 4.17. The van der Waals surface area contributed by atoms with Gasteiger partial charge in [0, 0.05) is 6.20 Å². The number of hydrogen-bond donors (Lipinski definition) is 2. The van der Waals surface area contributed by atoms with Gasteiger partial charge in [-0.2, -0.15) is 13.2 Å². The van der Waals surface area contributed by atoms with Crippen molar-refractivity contribution in [2.75, 3.05) is 12.3 Å². The van der Waals surface area contributed by atoms with Gasteiger partial charge in [0.2, 0.25) is 5.88 Å². The number of halogens is 3. The van der Waals surface area contributed by atoms with E-state index < -0.39 is 25.2 Å². The molecule has 1 aromatic heterocycles. The van der Waals surface area contributed by atoms with E-state index in [9.17, 15) is 18.0 Å². The fraction of sp³-hybridized carbons (Fsp3) is 0.333. The first-order chi connectivity index (χ1) is 7.79. The van der Waals surface area contributed by atoms with Crippen molar-refractivity contribution in [1.29, 1.82) is 0 Å². The Hall–Kier alpha value is -1.99. The van der Waals surface area contributed by atoms with Crippen LogP contribution in [0.15, 0.2) is 12.3 Å². The number of aromatic nitrogens is 1. The summed E-state index contributed by atoms with van der Waals surface area (Å²) in [5, 5.41) is 8.60. The number of carboxylic acid groups (broad SMARTS) is 1. The lowest BCUT2D eigenvalue weighted by molar-refractivity contribution is -0.139. The van der Waals surface area contributed by atoms with Gasteiger partial charge in [0.15, 0.2) is 0 Å². The number of ether oxygens (including phenoxy) is 1. The van der Waals surface area contributed by atoms with Crippen molar-refractivity contribution in [2.45, 2.75) is 12.6 Å². The van der Waals surface area contributed by atoms with Gasteiger partial charge >= 0.3 is 12.1 Å². The molecule has 0 radical (unpaired) electrons. The van der Waals surface area contributed by atoms with E-state index in [1.54, 1.807) is 0 Å². The zero-order valence-corrected chi connectivity index (χ0v) is 8.49. The SMILES string of the molecule is Nc1cc(C(=O)O)cnc1OCCC(F)(F)F. The molecule has 0 unspecified atom stereocenters. The summed E-state index contributed by atoms with van der Waals surface area (Å²) in [5.74, 6) is -1.44. The quantitative estimate of drug-likeness (QED) is 0.849. The molecule has 0 fully saturated rings. The van der Waals surface area contributed by atoms with Crippen molar-refractivity contribution in [1.82, 2.24) is 4.98 Å². The van der Waals surface area contributed by atoms with E-state index in [4.69, 9.17) is 15.6 Å². The zero-order valence-electron chi connectivity index (χ0n) is 8.49. The van der Waals surface area contributed by atoms with Crippen LogP contribution in [0.4, 0.5) is 18.9 Å². The van der Waals surface area contributed by atoms with E-state index in [1.807, 2.05) is 0 Å². The largest absolute Gasteiger partial charge is 0.478 e. The molecule has 94 valence electrons. The van der Waals surface area contributed by atoms with E-state index in [0.29, 0.717) is 0 Å². The van der Waals surface area contributed by atoms with Crippen LogP contribution in [0.5, 0.6) is 5.88 Å². The Balaban J connectivity index is 2.64. The summed E-state index contributed by atoms with van der Waals surface area (Å²) in [5.41, 5.74) is 5.10. The lowest BCUT2D eigenvalue weighted by Crippen LogP contribution is -2.14. The first-order valence-electron chi connectivity index (χ1n) is 4.48. The lowest BCUT2D eigenvalue weighted by atomic mass is 10.2. The fourth-order valence-corrected chi connectivity index (χ4v) is 0.970. The van der Waals surface area contributed by atoms with Crippen molar-refractivity contribution < 1.29 is 27.8 Å². The molecule has 0 saturated carbocycles. The number of nitrogens with zero attached hydrogens (tertiary/aromatic N) is 1. The van der Waals surface area contributed by atoms with E-state index in [-0.39, 0.29) is 17.1 Å². The standard InChI is InChI=1S/C9H9F3N2O3/c10-9(11,12)1-2-17-7-6(13)3-5(4-14-7)8(15)16/h3-4H,1-2,13H2,(H,15,16). The molecular formula is C9H9F3N2O3. The van der Waals surface area contributed by atoms with E-state index in [2.05, 4.69) is 4.98 Å². The number of nitrogen functional groups attached to an aromatic ring is 1. The van der Waals surface area contributed by atoms with Gasteiger partial charge in [-0.3, -0.25) is 0 Å². The lowest BCUT2D eigenvalue weighted by Gasteiger charge is -2.09. The minimum absolute atomic E-state index is 0.118. The fourth-order valence-electron chi connectivity index (χ4n) is 0.970. The number of carbonyl (C=O) groups is 1. The maximum Gasteiger partial charge on any atom is 0.392 e. The average molecular weight is 250 g/mol. The summed E-state index contributed by atoms with van der Waals surface area (Å²) in [4.78, 5) is 14.0. The van der Waals surface area contributed by atoms with Gasteiger partial charge in [0.1, 0.15) is 0 Å². The van der Waals surface area contributed by atoms with Gasteiger partial charge in [-0.15, -0.1) is 0 Å². The van der Waals surface area contributed by atoms with Crippen LogP contribution in [0.25, 0.3) is 0 Å². The monoisotopic (exact) mass is 250 g/mol. The van der Waals surface area contributed by atoms with Crippen LogP contribution >= 0.6 is 0 Å². The summed E-state index contributed by atoms with van der Waals surface area (Å²) in [6.45, 7) is -0.618. The highest BCUT2D eigenvalue weighted by molar-refractivity contribution is 5.88. The van der Waals surface area contributed by atoms with Gasteiger partial charge in [-0.05, 0) is 6.07 Å². The number of alkyl halides is 3. The number of anilines is 1. The molecular weight excluding hydrogens is 241 g/mol. The smallest absolute Gasteiger partial charge is 0.392 e. The molecule has 0 aliphatic carbocycles. The highest BCUT2D eigenvalue weighted by atomic mass is 19.4. The number of aromatic carboxylic acids is 1. The minimum atomic E-state index is -4.32. The second kappa shape index (κ2) is 4.89. The topological polar surface area (TPSA) is 85.4 Å². The van der Waals surface area contributed by atoms with Crippen molar-refractivity contribution in [3.63, 3.8) is 0 Å².